The topological polar surface area (TPSA) is 58.4 Å². The van der Waals surface area contributed by atoms with E-state index in [4.69, 9.17) is 28.2 Å². The second-order valence-electron chi connectivity index (χ2n) is 9.55. The third-order valence-corrected chi connectivity index (χ3v) is 7.82. The largest absolute Gasteiger partial charge is 0.385 e. The lowest BCUT2D eigenvalue weighted by Crippen LogP contribution is -2.42. The minimum atomic E-state index is -0.765. The van der Waals surface area contributed by atoms with E-state index in [0.29, 0.717) is 40.8 Å². The van der Waals surface area contributed by atoms with Crippen molar-refractivity contribution in [3.05, 3.63) is 106 Å². The number of aromatic nitrogens is 2. The van der Waals surface area contributed by atoms with Gasteiger partial charge in [0.2, 0.25) is 0 Å². The number of carbonyl (C=O) groups is 1. The number of hydrogen-bond donors (Lipinski definition) is 1. The molecule has 3 aromatic carbocycles. The van der Waals surface area contributed by atoms with Crippen LogP contribution < -0.4 is 0 Å². The molecule has 2 heterocycles. The van der Waals surface area contributed by atoms with E-state index in [1.54, 1.807) is 18.3 Å². The van der Waals surface area contributed by atoms with Crippen LogP contribution >= 0.6 is 23.2 Å². The summed E-state index contributed by atoms with van der Waals surface area (Å²) in [6, 6.07) is 25.1. The summed E-state index contributed by atoms with van der Waals surface area (Å²) in [6.45, 7) is 2.43. The van der Waals surface area contributed by atoms with Crippen LogP contribution in [0, 0.1) is 0 Å². The van der Waals surface area contributed by atoms with Crippen LogP contribution in [0.2, 0.25) is 10.0 Å². The van der Waals surface area contributed by atoms with Crippen molar-refractivity contribution < 1.29 is 9.90 Å². The molecule has 7 heteroatoms. The van der Waals surface area contributed by atoms with E-state index in [0.717, 1.165) is 42.9 Å². The summed E-state index contributed by atoms with van der Waals surface area (Å²) in [5.74, 6) is 0.651. The number of para-hydroxylation sites is 1. The number of benzene rings is 3. The Labute approximate surface area is 227 Å². The molecule has 1 N–H and O–H groups in total. The molecule has 0 bridgehead atoms. The van der Waals surface area contributed by atoms with Crippen molar-refractivity contribution in [1.29, 1.82) is 0 Å². The summed E-state index contributed by atoms with van der Waals surface area (Å²) in [7, 11) is 0. The van der Waals surface area contributed by atoms with Crippen LogP contribution in [0.1, 0.15) is 41.7 Å². The normalized spacial score (nSPS) is 15.5. The maximum Gasteiger partial charge on any atom is 0.182 e. The van der Waals surface area contributed by atoms with Crippen molar-refractivity contribution in [1.82, 2.24) is 14.5 Å². The quantitative estimate of drug-likeness (QED) is 0.253. The number of likely N-dealkylation sites (tertiary alicyclic amines) is 1. The molecule has 0 unspecified atom stereocenters. The number of nitrogens with zero attached hydrogens (tertiary/aromatic N) is 3. The molecule has 1 aliphatic rings. The summed E-state index contributed by atoms with van der Waals surface area (Å²) in [5, 5.41) is 12.0. The van der Waals surface area contributed by atoms with E-state index >= 15 is 0 Å². The molecule has 1 aliphatic heterocycles. The minimum absolute atomic E-state index is 0.00814. The first-order chi connectivity index (χ1) is 17.9. The van der Waals surface area contributed by atoms with Crippen molar-refractivity contribution in [2.75, 3.05) is 19.6 Å². The molecule has 1 aromatic heterocycles. The Morgan fingerprint density at radius 1 is 0.919 bits per heavy atom. The van der Waals surface area contributed by atoms with Gasteiger partial charge in [0.15, 0.2) is 5.78 Å². The minimum Gasteiger partial charge on any atom is -0.385 e. The zero-order valence-corrected chi connectivity index (χ0v) is 22.0. The molecule has 0 amide bonds. The Hall–Kier alpha value is -2.96. The average molecular weight is 534 g/mol. The lowest BCUT2D eigenvalue weighted by Gasteiger charge is -2.38. The Morgan fingerprint density at radius 3 is 2.27 bits per heavy atom. The molecular weight excluding hydrogens is 505 g/mol. The molecule has 1 fully saturated rings. The SMILES string of the molecule is O=C(CCCN1CCC(O)(c2ccccc2)CC1)c1cn(-c2ccccc2)c(-c2ccc(Cl)c(Cl)c2)n1. The van der Waals surface area contributed by atoms with Crippen LogP contribution in [-0.2, 0) is 5.60 Å². The summed E-state index contributed by atoms with van der Waals surface area (Å²) in [6.07, 6.45) is 4.34. The lowest BCUT2D eigenvalue weighted by molar-refractivity contribution is -0.0260. The molecule has 5 nitrogen and oxygen atoms in total. The van der Waals surface area contributed by atoms with Gasteiger partial charge in [0.05, 0.1) is 15.6 Å². The number of halogens is 2. The van der Waals surface area contributed by atoms with Gasteiger partial charge in [-0.2, -0.15) is 0 Å². The summed E-state index contributed by atoms with van der Waals surface area (Å²) in [4.78, 5) is 20.2. The van der Waals surface area contributed by atoms with E-state index < -0.39 is 5.60 Å². The molecule has 37 heavy (non-hydrogen) atoms. The van der Waals surface area contributed by atoms with Crippen molar-refractivity contribution in [2.45, 2.75) is 31.3 Å². The number of aliphatic hydroxyl groups is 1. The third kappa shape index (κ3) is 5.81. The monoisotopic (exact) mass is 533 g/mol. The van der Waals surface area contributed by atoms with Crippen molar-refractivity contribution in [2.24, 2.45) is 0 Å². The van der Waals surface area contributed by atoms with Crippen molar-refractivity contribution in [3.63, 3.8) is 0 Å². The maximum atomic E-state index is 13.1. The van der Waals surface area contributed by atoms with Crippen LogP contribution in [0.15, 0.2) is 85.1 Å². The van der Waals surface area contributed by atoms with Crippen LogP contribution in [0.3, 0.4) is 0 Å². The lowest BCUT2D eigenvalue weighted by atomic mass is 9.84. The molecule has 4 aromatic rings. The van der Waals surface area contributed by atoms with Gasteiger partial charge < -0.3 is 10.0 Å². The first-order valence-electron chi connectivity index (χ1n) is 12.6. The average Bonchev–Trinajstić information content (AvgIpc) is 3.38. The number of imidazole rings is 1. The second kappa shape index (κ2) is 11.2. The first-order valence-corrected chi connectivity index (χ1v) is 13.3. The fourth-order valence-electron chi connectivity index (χ4n) is 4.91. The van der Waals surface area contributed by atoms with E-state index in [2.05, 4.69) is 4.90 Å². The summed E-state index contributed by atoms with van der Waals surface area (Å²) >= 11 is 12.4. The first kappa shape index (κ1) is 25.7. The second-order valence-corrected chi connectivity index (χ2v) is 10.4. The van der Waals surface area contributed by atoms with Crippen LogP contribution in [0.25, 0.3) is 17.1 Å². The van der Waals surface area contributed by atoms with Gasteiger partial charge in [0, 0.05) is 37.0 Å². The van der Waals surface area contributed by atoms with E-state index in [1.807, 2.05) is 71.3 Å². The van der Waals surface area contributed by atoms with Gasteiger partial charge >= 0.3 is 0 Å². The number of ketones is 1. The Morgan fingerprint density at radius 2 is 1.59 bits per heavy atom. The van der Waals surface area contributed by atoms with Gasteiger partial charge in [-0.05, 0) is 61.7 Å². The van der Waals surface area contributed by atoms with Gasteiger partial charge in [-0.15, -0.1) is 0 Å². The highest BCUT2D eigenvalue weighted by atomic mass is 35.5. The molecule has 5 rings (SSSR count). The molecule has 190 valence electrons. The highest BCUT2D eigenvalue weighted by Crippen LogP contribution is 2.33. The van der Waals surface area contributed by atoms with Crippen molar-refractivity contribution >= 4 is 29.0 Å². The fourth-order valence-corrected chi connectivity index (χ4v) is 5.21. The van der Waals surface area contributed by atoms with E-state index in [-0.39, 0.29) is 5.78 Å². The fraction of sp³-hybridized carbons (Fsp3) is 0.267. The highest BCUT2D eigenvalue weighted by molar-refractivity contribution is 6.42. The number of carbonyl (C=O) groups excluding carboxylic acids is 1. The Kier molecular flexibility index (Phi) is 7.77. The van der Waals surface area contributed by atoms with E-state index in [1.165, 1.54) is 0 Å². The van der Waals surface area contributed by atoms with Gasteiger partial charge in [0.1, 0.15) is 11.5 Å². The molecule has 0 radical (unpaired) electrons. The van der Waals surface area contributed by atoms with Gasteiger partial charge in [0.25, 0.3) is 0 Å². The summed E-state index contributed by atoms with van der Waals surface area (Å²) < 4.78 is 1.92. The Bertz CT molecular complexity index is 1360. The molecule has 0 atom stereocenters. The predicted molar refractivity (Wildman–Crippen MR) is 149 cm³/mol. The Balaban J connectivity index is 1.24. The van der Waals surface area contributed by atoms with E-state index in [9.17, 15) is 9.90 Å². The van der Waals surface area contributed by atoms with Gasteiger partial charge in [-0.3, -0.25) is 9.36 Å². The van der Waals surface area contributed by atoms with Crippen molar-refractivity contribution in [3.8, 4) is 17.1 Å². The van der Waals surface area contributed by atoms with Crippen LogP contribution in [-0.4, -0.2) is 45.0 Å². The number of Topliss-reactive ketones (excluding diaryl/α,β-unsaturated/α-hetero) is 1. The molecular formula is C30H29Cl2N3O2. The molecule has 0 spiro atoms. The zero-order chi connectivity index (χ0) is 25.8. The standard InChI is InChI=1S/C30H29Cl2N3O2/c31-25-14-13-22(20-26(25)32)29-33-27(21-35(29)24-10-5-2-6-11-24)28(36)12-7-17-34-18-15-30(37,16-19-34)23-8-3-1-4-9-23/h1-6,8-11,13-14,20-21,37H,7,12,15-19H2. The zero-order valence-electron chi connectivity index (χ0n) is 20.5. The number of piperidine rings is 1. The van der Waals surface area contributed by atoms with Gasteiger partial charge in [-0.25, -0.2) is 4.98 Å². The summed E-state index contributed by atoms with van der Waals surface area (Å²) in [5.41, 5.74) is 2.35. The maximum absolute atomic E-state index is 13.1. The highest BCUT2D eigenvalue weighted by Gasteiger charge is 2.33. The number of hydrogen-bond acceptors (Lipinski definition) is 4. The smallest absolute Gasteiger partial charge is 0.182 e. The molecule has 0 saturated carbocycles. The third-order valence-electron chi connectivity index (χ3n) is 7.08. The molecule has 1 saturated heterocycles. The molecule has 0 aliphatic carbocycles. The predicted octanol–water partition coefficient (Wildman–Crippen LogP) is 6.79. The van der Waals surface area contributed by atoms with Crippen LogP contribution in [0.5, 0.6) is 0 Å². The number of rotatable bonds is 8. The van der Waals surface area contributed by atoms with Gasteiger partial charge in [-0.1, -0.05) is 71.7 Å². The van der Waals surface area contributed by atoms with Crippen LogP contribution in [0.4, 0.5) is 0 Å².